The van der Waals surface area contributed by atoms with Crippen molar-refractivity contribution in [3.63, 3.8) is 0 Å². The molecule has 2 aromatic rings. The summed E-state index contributed by atoms with van der Waals surface area (Å²) in [5, 5.41) is 0. The van der Waals surface area contributed by atoms with Gasteiger partial charge in [0.05, 0.1) is 11.4 Å². The lowest BCUT2D eigenvalue weighted by molar-refractivity contribution is 0.214. The first-order chi connectivity index (χ1) is 12.3. The first-order valence-electron chi connectivity index (χ1n) is 9.08. The predicted octanol–water partition coefficient (Wildman–Crippen LogP) is 3.34. The first kappa shape index (κ1) is 15.9. The van der Waals surface area contributed by atoms with Gasteiger partial charge in [0.25, 0.3) is 0 Å². The van der Waals surface area contributed by atoms with Crippen LogP contribution >= 0.6 is 0 Å². The van der Waals surface area contributed by atoms with Crippen molar-refractivity contribution in [3.05, 3.63) is 54.4 Å². The number of urea groups is 1. The van der Waals surface area contributed by atoms with E-state index in [4.69, 9.17) is 0 Å². The Hall–Kier alpha value is -2.56. The highest BCUT2D eigenvalue weighted by Crippen LogP contribution is 2.34. The zero-order valence-corrected chi connectivity index (χ0v) is 14.6. The van der Waals surface area contributed by atoms with Crippen LogP contribution in [-0.2, 0) is 0 Å². The largest absolute Gasteiger partial charge is 0.368 e. The van der Waals surface area contributed by atoms with Crippen molar-refractivity contribution in [2.45, 2.75) is 19.3 Å². The van der Waals surface area contributed by atoms with Gasteiger partial charge < -0.3 is 9.80 Å². The normalized spacial score (nSPS) is 19.9. The number of carbonyl (C=O) groups excluding carboxylic acids is 1. The molecule has 1 aromatic carbocycles. The van der Waals surface area contributed by atoms with Gasteiger partial charge in [-0.15, -0.1) is 0 Å². The number of likely N-dealkylation sites (N-methyl/N-ethyl adjacent to an activating group) is 1. The van der Waals surface area contributed by atoms with Gasteiger partial charge in [0.2, 0.25) is 0 Å². The van der Waals surface area contributed by atoms with Crippen LogP contribution < -0.4 is 9.80 Å². The molecule has 2 amide bonds. The Bertz CT molecular complexity index is 748. The van der Waals surface area contributed by atoms with Gasteiger partial charge in [-0.1, -0.05) is 18.2 Å². The maximum atomic E-state index is 13.2. The molecule has 1 unspecified atom stereocenters. The van der Waals surface area contributed by atoms with Crippen LogP contribution in [0.1, 0.15) is 24.8 Å². The average molecular weight is 336 g/mol. The van der Waals surface area contributed by atoms with Crippen molar-refractivity contribution in [1.82, 2.24) is 9.88 Å². The quantitative estimate of drug-likeness (QED) is 0.844. The Labute approximate surface area is 148 Å². The summed E-state index contributed by atoms with van der Waals surface area (Å²) < 4.78 is 0. The molecular weight excluding hydrogens is 312 g/mol. The van der Waals surface area contributed by atoms with Crippen LogP contribution in [0.15, 0.2) is 48.8 Å². The predicted molar refractivity (Wildman–Crippen MR) is 100 cm³/mol. The van der Waals surface area contributed by atoms with Gasteiger partial charge in [0.15, 0.2) is 0 Å². The minimum atomic E-state index is 0.134. The van der Waals surface area contributed by atoms with Crippen molar-refractivity contribution in [1.29, 1.82) is 0 Å². The van der Waals surface area contributed by atoms with Crippen molar-refractivity contribution in [2.24, 2.45) is 0 Å². The lowest BCUT2D eigenvalue weighted by atomic mass is 10.0. The number of aromatic nitrogens is 1. The summed E-state index contributed by atoms with van der Waals surface area (Å²) >= 11 is 0. The van der Waals surface area contributed by atoms with Crippen molar-refractivity contribution in [2.75, 3.05) is 42.5 Å². The summed E-state index contributed by atoms with van der Waals surface area (Å²) in [5.41, 5.74) is 3.42. The van der Waals surface area contributed by atoms with Gasteiger partial charge >= 0.3 is 6.03 Å². The molecule has 0 aliphatic carbocycles. The van der Waals surface area contributed by atoms with E-state index in [0.717, 1.165) is 50.5 Å². The second-order valence-corrected chi connectivity index (χ2v) is 6.72. The molecule has 1 fully saturated rings. The van der Waals surface area contributed by atoms with Gasteiger partial charge in [0.1, 0.15) is 0 Å². The Morgan fingerprint density at radius 1 is 1.12 bits per heavy atom. The molecule has 5 nitrogen and oxygen atoms in total. The van der Waals surface area contributed by atoms with E-state index in [1.165, 1.54) is 5.56 Å². The summed E-state index contributed by atoms with van der Waals surface area (Å²) in [7, 11) is 0. The van der Waals surface area contributed by atoms with Crippen LogP contribution in [0.2, 0.25) is 0 Å². The van der Waals surface area contributed by atoms with E-state index in [-0.39, 0.29) is 6.03 Å². The van der Waals surface area contributed by atoms with Crippen LogP contribution in [0.25, 0.3) is 0 Å². The van der Waals surface area contributed by atoms with Crippen molar-refractivity contribution in [3.8, 4) is 0 Å². The minimum absolute atomic E-state index is 0.134. The van der Waals surface area contributed by atoms with Gasteiger partial charge in [-0.25, -0.2) is 4.79 Å². The number of fused-ring (bicyclic) bond motifs is 1. The summed E-state index contributed by atoms with van der Waals surface area (Å²) in [5.74, 6) is 0.393. The number of hydrogen-bond donors (Lipinski definition) is 0. The molecule has 0 saturated carbocycles. The smallest absolute Gasteiger partial charge is 0.324 e. The highest BCUT2D eigenvalue weighted by atomic mass is 16.2. The van der Waals surface area contributed by atoms with E-state index >= 15 is 0 Å². The van der Waals surface area contributed by atoms with Crippen LogP contribution in [-0.4, -0.2) is 48.6 Å². The fraction of sp³-hybridized carbons (Fsp3) is 0.400. The van der Waals surface area contributed by atoms with Crippen molar-refractivity contribution < 1.29 is 4.79 Å². The molecule has 1 aromatic heterocycles. The van der Waals surface area contributed by atoms with Gasteiger partial charge in [0, 0.05) is 51.0 Å². The number of nitrogens with zero attached hydrogens (tertiary/aromatic N) is 4. The number of amides is 2. The summed E-state index contributed by atoms with van der Waals surface area (Å²) in [4.78, 5) is 23.7. The SMILES string of the molecule is CCN1CCN(C(=O)N2CCC(c3cccnc3)C2)c2ccccc21. The topological polar surface area (TPSA) is 39.7 Å². The number of hydrogen-bond acceptors (Lipinski definition) is 3. The molecule has 0 N–H and O–H groups in total. The summed E-state index contributed by atoms with van der Waals surface area (Å²) in [6, 6.07) is 12.4. The van der Waals surface area contributed by atoms with Crippen LogP contribution in [0, 0.1) is 0 Å². The number of likely N-dealkylation sites (tertiary alicyclic amines) is 1. The Morgan fingerprint density at radius 3 is 2.72 bits per heavy atom. The molecule has 130 valence electrons. The maximum Gasteiger partial charge on any atom is 0.324 e. The van der Waals surface area contributed by atoms with Crippen LogP contribution in [0.3, 0.4) is 0 Å². The zero-order chi connectivity index (χ0) is 17.2. The highest BCUT2D eigenvalue weighted by Gasteiger charge is 2.33. The second-order valence-electron chi connectivity index (χ2n) is 6.72. The fourth-order valence-corrected chi connectivity index (χ4v) is 3.94. The van der Waals surface area contributed by atoms with Crippen molar-refractivity contribution >= 4 is 17.4 Å². The first-order valence-corrected chi connectivity index (χ1v) is 9.08. The third-order valence-electron chi connectivity index (χ3n) is 5.33. The molecule has 0 spiro atoms. The molecule has 1 saturated heterocycles. The number of anilines is 2. The fourth-order valence-electron chi connectivity index (χ4n) is 3.94. The second kappa shape index (κ2) is 6.75. The highest BCUT2D eigenvalue weighted by molar-refractivity contribution is 5.97. The molecule has 1 atom stereocenters. The summed E-state index contributed by atoms with van der Waals surface area (Å²) in [6.45, 7) is 6.35. The van der Waals surface area contributed by atoms with E-state index in [0.29, 0.717) is 5.92 Å². The van der Waals surface area contributed by atoms with Crippen LogP contribution in [0.5, 0.6) is 0 Å². The number of pyridine rings is 1. The molecular formula is C20H24N4O. The number of benzene rings is 1. The van der Waals surface area contributed by atoms with Crippen LogP contribution in [0.4, 0.5) is 16.2 Å². The lowest BCUT2D eigenvalue weighted by Gasteiger charge is -2.38. The standard InChI is InChI=1S/C20H24N4O/c1-2-22-12-13-24(19-8-4-3-7-18(19)22)20(25)23-11-9-17(15-23)16-6-5-10-21-14-16/h3-8,10,14,17H,2,9,11-13,15H2,1H3. The molecule has 0 bridgehead atoms. The average Bonchev–Trinajstić information content (AvgIpc) is 3.17. The van der Waals surface area contributed by atoms with E-state index in [1.54, 1.807) is 6.20 Å². The third kappa shape index (κ3) is 2.95. The number of para-hydroxylation sites is 2. The van der Waals surface area contributed by atoms with Gasteiger partial charge in [-0.2, -0.15) is 0 Å². The third-order valence-corrected chi connectivity index (χ3v) is 5.33. The van der Waals surface area contributed by atoms with E-state index in [2.05, 4.69) is 35.0 Å². The molecule has 2 aliphatic heterocycles. The maximum absolute atomic E-state index is 13.2. The monoisotopic (exact) mass is 336 g/mol. The van der Waals surface area contributed by atoms with E-state index in [9.17, 15) is 4.79 Å². The zero-order valence-electron chi connectivity index (χ0n) is 14.6. The van der Waals surface area contributed by atoms with Gasteiger partial charge in [-0.05, 0) is 37.1 Å². The molecule has 2 aliphatic rings. The van der Waals surface area contributed by atoms with E-state index in [1.807, 2.05) is 34.2 Å². The molecule has 4 rings (SSSR count). The lowest BCUT2D eigenvalue weighted by Crippen LogP contribution is -2.49. The van der Waals surface area contributed by atoms with E-state index < -0.39 is 0 Å². The molecule has 0 radical (unpaired) electrons. The molecule has 5 heteroatoms. The Balaban J connectivity index is 1.52. The number of carbonyl (C=O) groups is 1. The number of rotatable bonds is 2. The minimum Gasteiger partial charge on any atom is -0.368 e. The molecule has 25 heavy (non-hydrogen) atoms. The summed E-state index contributed by atoms with van der Waals surface area (Å²) in [6.07, 6.45) is 4.73. The molecule has 3 heterocycles. The Morgan fingerprint density at radius 2 is 1.96 bits per heavy atom. The Kier molecular flexibility index (Phi) is 4.30. The van der Waals surface area contributed by atoms with Gasteiger partial charge in [-0.3, -0.25) is 9.88 Å².